The van der Waals surface area contributed by atoms with Crippen LogP contribution < -0.4 is 0 Å². The van der Waals surface area contributed by atoms with E-state index in [2.05, 4.69) is 0 Å². The number of hydrogen-bond acceptors (Lipinski definition) is 3. The van der Waals surface area contributed by atoms with E-state index in [4.69, 9.17) is 0 Å². The lowest BCUT2D eigenvalue weighted by molar-refractivity contribution is 0.0601. The quantitative estimate of drug-likeness (QED) is 0.835. The van der Waals surface area contributed by atoms with E-state index in [1.165, 1.54) is 6.26 Å². The Morgan fingerprint density at radius 2 is 1.75 bits per heavy atom. The van der Waals surface area contributed by atoms with Gasteiger partial charge in [0.15, 0.2) is 0 Å². The highest BCUT2D eigenvalue weighted by atomic mass is 32.2. The van der Waals surface area contributed by atoms with E-state index in [0.717, 1.165) is 5.69 Å². The van der Waals surface area contributed by atoms with Gasteiger partial charge in [-0.25, -0.2) is 8.42 Å². The minimum absolute atomic E-state index is 0.0483. The summed E-state index contributed by atoms with van der Waals surface area (Å²) in [6, 6.07) is 11.2. The molecule has 1 aromatic carbocycles. The average molecular weight is 348 g/mol. The highest BCUT2D eigenvalue weighted by Gasteiger charge is 2.28. The molecular weight excluding hydrogens is 324 g/mol. The predicted octanol–water partition coefficient (Wildman–Crippen LogP) is 2.76. The van der Waals surface area contributed by atoms with Gasteiger partial charge in [0, 0.05) is 42.0 Å². The largest absolute Gasteiger partial charge is 0.333 e. The van der Waals surface area contributed by atoms with E-state index >= 15 is 0 Å². The van der Waals surface area contributed by atoms with E-state index in [1.807, 2.05) is 68.1 Å². The highest BCUT2D eigenvalue weighted by molar-refractivity contribution is 7.90. The van der Waals surface area contributed by atoms with E-state index in [9.17, 15) is 13.2 Å². The van der Waals surface area contributed by atoms with Crippen molar-refractivity contribution in [2.24, 2.45) is 0 Å². The van der Waals surface area contributed by atoms with Gasteiger partial charge in [-0.05, 0) is 51.1 Å². The normalized spacial score (nSPS) is 12.2. The Hall–Kier alpha value is -2.08. The Kier molecular flexibility index (Phi) is 5.18. The molecule has 0 unspecified atom stereocenters. The zero-order chi connectivity index (χ0) is 18.0. The van der Waals surface area contributed by atoms with Crippen LogP contribution in [0.1, 0.15) is 31.1 Å². The van der Waals surface area contributed by atoms with Crippen LogP contribution in [0.3, 0.4) is 0 Å². The molecule has 130 valence electrons. The molecule has 0 radical (unpaired) electrons. The molecule has 0 aliphatic carbocycles. The van der Waals surface area contributed by atoms with Gasteiger partial charge in [0.1, 0.15) is 9.84 Å². The molecule has 0 saturated carbocycles. The fraction of sp³-hybridized carbons (Fsp3) is 0.389. The predicted molar refractivity (Wildman–Crippen MR) is 96.3 cm³/mol. The molecule has 1 aromatic heterocycles. The molecule has 0 fully saturated rings. The molecule has 1 heterocycles. The van der Waals surface area contributed by atoms with Crippen LogP contribution in [-0.2, 0) is 9.84 Å². The number of rotatable bonds is 5. The minimum Gasteiger partial charge on any atom is -0.333 e. The van der Waals surface area contributed by atoms with Crippen molar-refractivity contribution in [3.8, 4) is 5.69 Å². The van der Waals surface area contributed by atoms with Gasteiger partial charge in [-0.1, -0.05) is 6.07 Å². The zero-order valence-corrected chi connectivity index (χ0v) is 15.4. The molecule has 0 aliphatic heterocycles. The van der Waals surface area contributed by atoms with Crippen LogP contribution >= 0.6 is 0 Å². The van der Waals surface area contributed by atoms with Crippen LogP contribution in [0, 0.1) is 0 Å². The van der Waals surface area contributed by atoms with Gasteiger partial charge in [0.05, 0.1) is 5.75 Å². The number of hydrogen-bond donors (Lipinski definition) is 0. The Balaban J connectivity index is 2.31. The average Bonchev–Trinajstić information content (AvgIpc) is 2.99. The second-order valence-electron chi connectivity index (χ2n) is 6.90. The molecule has 2 aromatic rings. The number of sulfone groups is 1. The Morgan fingerprint density at radius 3 is 2.29 bits per heavy atom. The van der Waals surface area contributed by atoms with E-state index in [0.29, 0.717) is 5.56 Å². The molecule has 0 N–H and O–H groups in total. The molecule has 0 saturated heterocycles. The van der Waals surface area contributed by atoms with E-state index in [1.54, 1.807) is 11.0 Å². The number of benzene rings is 1. The molecule has 5 nitrogen and oxygen atoms in total. The smallest absolute Gasteiger partial charge is 0.254 e. The summed E-state index contributed by atoms with van der Waals surface area (Å²) in [7, 11) is -3.14. The third-order valence-electron chi connectivity index (χ3n) is 3.74. The molecule has 2 rings (SSSR count). The van der Waals surface area contributed by atoms with Gasteiger partial charge in [-0.15, -0.1) is 0 Å². The van der Waals surface area contributed by atoms with Crippen molar-refractivity contribution in [1.82, 2.24) is 9.47 Å². The lowest BCUT2D eigenvalue weighted by Gasteiger charge is -2.35. The maximum atomic E-state index is 13.0. The van der Waals surface area contributed by atoms with Crippen molar-refractivity contribution >= 4 is 15.7 Å². The standard InChI is InChI=1S/C18H24N2O3S/c1-18(2,3)20(12-13-24(4,22)23)17(21)15-8-7-9-16(14-15)19-10-5-6-11-19/h5-11,14H,12-13H2,1-4H3. The summed E-state index contributed by atoms with van der Waals surface area (Å²) in [6.07, 6.45) is 5.01. The van der Waals surface area contributed by atoms with Gasteiger partial charge >= 0.3 is 0 Å². The second kappa shape index (κ2) is 6.81. The first-order valence-corrected chi connectivity index (χ1v) is 9.87. The van der Waals surface area contributed by atoms with Crippen LogP contribution in [0.25, 0.3) is 5.69 Å². The second-order valence-corrected chi connectivity index (χ2v) is 9.16. The summed E-state index contributed by atoms with van der Waals surface area (Å²) >= 11 is 0. The number of carbonyl (C=O) groups excluding carboxylic acids is 1. The Labute approximate surface area is 143 Å². The number of carbonyl (C=O) groups is 1. The molecule has 0 spiro atoms. The van der Waals surface area contributed by atoms with E-state index < -0.39 is 15.4 Å². The third-order valence-corrected chi connectivity index (χ3v) is 4.66. The zero-order valence-electron chi connectivity index (χ0n) is 14.6. The lowest BCUT2D eigenvalue weighted by Crippen LogP contribution is -2.47. The third kappa shape index (κ3) is 4.71. The van der Waals surface area contributed by atoms with Gasteiger partial charge in [-0.3, -0.25) is 4.79 Å². The summed E-state index contributed by atoms with van der Waals surface area (Å²) in [5.74, 6) is -0.215. The molecule has 0 aliphatic rings. The molecular formula is C18H24N2O3S. The van der Waals surface area contributed by atoms with Crippen molar-refractivity contribution < 1.29 is 13.2 Å². The summed E-state index contributed by atoms with van der Waals surface area (Å²) in [4.78, 5) is 14.6. The van der Waals surface area contributed by atoms with Gasteiger partial charge < -0.3 is 9.47 Å². The van der Waals surface area contributed by atoms with Crippen molar-refractivity contribution in [2.75, 3.05) is 18.6 Å². The monoisotopic (exact) mass is 348 g/mol. The molecule has 1 amide bonds. The topological polar surface area (TPSA) is 59.4 Å². The molecule has 6 heteroatoms. The maximum absolute atomic E-state index is 13.0. The first-order chi connectivity index (χ1) is 11.1. The number of nitrogens with zero attached hydrogens (tertiary/aromatic N) is 2. The van der Waals surface area contributed by atoms with Crippen LogP contribution in [-0.4, -0.2) is 47.9 Å². The highest BCUT2D eigenvalue weighted by Crippen LogP contribution is 2.19. The maximum Gasteiger partial charge on any atom is 0.254 e. The first-order valence-electron chi connectivity index (χ1n) is 7.81. The van der Waals surface area contributed by atoms with Crippen molar-refractivity contribution in [3.05, 3.63) is 54.4 Å². The lowest BCUT2D eigenvalue weighted by atomic mass is 10.0. The number of amides is 1. The summed E-state index contributed by atoms with van der Waals surface area (Å²) in [5.41, 5.74) is 0.970. The molecule has 24 heavy (non-hydrogen) atoms. The summed E-state index contributed by atoms with van der Waals surface area (Å²) in [6.45, 7) is 5.89. The van der Waals surface area contributed by atoms with Crippen molar-refractivity contribution in [3.63, 3.8) is 0 Å². The fourth-order valence-corrected chi connectivity index (χ4v) is 2.97. The SMILES string of the molecule is CC(C)(C)N(CCS(C)(=O)=O)C(=O)c1cccc(-n2cccc2)c1. The Morgan fingerprint density at radius 1 is 1.12 bits per heavy atom. The molecule has 0 bridgehead atoms. The Bertz CT molecular complexity index is 803. The summed E-state index contributed by atoms with van der Waals surface area (Å²) < 4.78 is 24.9. The minimum atomic E-state index is -3.14. The van der Waals surface area contributed by atoms with Gasteiger partial charge in [-0.2, -0.15) is 0 Å². The van der Waals surface area contributed by atoms with Crippen LogP contribution in [0.5, 0.6) is 0 Å². The van der Waals surface area contributed by atoms with Crippen molar-refractivity contribution in [2.45, 2.75) is 26.3 Å². The first kappa shape index (κ1) is 18.3. The molecule has 0 atom stereocenters. The van der Waals surface area contributed by atoms with E-state index in [-0.39, 0.29) is 18.2 Å². The number of aromatic nitrogens is 1. The van der Waals surface area contributed by atoms with Crippen LogP contribution in [0.15, 0.2) is 48.8 Å². The summed E-state index contributed by atoms with van der Waals surface area (Å²) in [5, 5.41) is 0. The van der Waals surface area contributed by atoms with Crippen LogP contribution in [0.4, 0.5) is 0 Å². The van der Waals surface area contributed by atoms with Gasteiger partial charge in [0.25, 0.3) is 5.91 Å². The van der Waals surface area contributed by atoms with Crippen molar-refractivity contribution in [1.29, 1.82) is 0 Å². The van der Waals surface area contributed by atoms with Crippen LogP contribution in [0.2, 0.25) is 0 Å². The van der Waals surface area contributed by atoms with Gasteiger partial charge in [0.2, 0.25) is 0 Å². The fourth-order valence-electron chi connectivity index (χ4n) is 2.46.